The van der Waals surface area contributed by atoms with E-state index in [1.807, 2.05) is 6.07 Å². The first-order valence-electron chi connectivity index (χ1n) is 8.97. The molecule has 1 N–H and O–H groups in total. The molecular formula is C20H20Cl2N2O3S. The van der Waals surface area contributed by atoms with Gasteiger partial charge in [0, 0.05) is 36.4 Å². The molecule has 0 spiro atoms. The van der Waals surface area contributed by atoms with E-state index in [0.29, 0.717) is 53.0 Å². The van der Waals surface area contributed by atoms with Crippen molar-refractivity contribution in [3.8, 4) is 0 Å². The van der Waals surface area contributed by atoms with E-state index in [9.17, 15) is 14.4 Å². The summed E-state index contributed by atoms with van der Waals surface area (Å²) in [6.45, 7) is 2.96. The van der Waals surface area contributed by atoms with Crippen molar-refractivity contribution in [3.63, 3.8) is 0 Å². The quantitative estimate of drug-likeness (QED) is 0.702. The molecule has 0 radical (unpaired) electrons. The van der Waals surface area contributed by atoms with E-state index in [0.717, 1.165) is 4.88 Å². The van der Waals surface area contributed by atoms with Gasteiger partial charge >= 0.3 is 0 Å². The zero-order chi connectivity index (χ0) is 20.3. The van der Waals surface area contributed by atoms with Crippen LogP contribution in [0.4, 0.5) is 0 Å². The number of nitrogens with one attached hydrogen (secondary N) is 1. The first kappa shape index (κ1) is 20.8. The number of nitrogens with zero attached hydrogens (tertiary/aromatic N) is 1. The highest BCUT2D eigenvalue weighted by Crippen LogP contribution is 2.28. The molecule has 2 heterocycles. The minimum atomic E-state index is -0.125. The minimum absolute atomic E-state index is 0.0282. The van der Waals surface area contributed by atoms with Gasteiger partial charge in [0.2, 0.25) is 5.91 Å². The summed E-state index contributed by atoms with van der Waals surface area (Å²) < 4.78 is 0. The van der Waals surface area contributed by atoms with Crippen LogP contribution in [0, 0.1) is 5.92 Å². The first-order valence-corrected chi connectivity index (χ1v) is 10.5. The van der Waals surface area contributed by atoms with E-state index in [-0.39, 0.29) is 23.5 Å². The third kappa shape index (κ3) is 4.93. The fourth-order valence-corrected chi connectivity index (χ4v) is 4.40. The summed E-state index contributed by atoms with van der Waals surface area (Å²) in [4.78, 5) is 39.8. The van der Waals surface area contributed by atoms with Gasteiger partial charge in [-0.3, -0.25) is 14.4 Å². The monoisotopic (exact) mass is 438 g/mol. The first-order chi connectivity index (χ1) is 13.3. The Morgan fingerprint density at radius 1 is 1.11 bits per heavy atom. The van der Waals surface area contributed by atoms with E-state index in [2.05, 4.69) is 5.32 Å². The number of amides is 2. The van der Waals surface area contributed by atoms with Gasteiger partial charge in [0.05, 0.1) is 21.5 Å². The normalized spacial score (nSPS) is 14.8. The smallest absolute Gasteiger partial charge is 0.263 e. The largest absolute Gasteiger partial charge is 0.351 e. The van der Waals surface area contributed by atoms with Crippen molar-refractivity contribution in [1.82, 2.24) is 10.2 Å². The summed E-state index contributed by atoms with van der Waals surface area (Å²) >= 11 is 13.3. The molecule has 1 fully saturated rings. The van der Waals surface area contributed by atoms with Gasteiger partial charge in [0.15, 0.2) is 5.78 Å². The third-order valence-electron chi connectivity index (χ3n) is 4.74. The van der Waals surface area contributed by atoms with Crippen molar-refractivity contribution in [2.75, 3.05) is 13.1 Å². The Morgan fingerprint density at radius 3 is 2.46 bits per heavy atom. The Bertz CT molecular complexity index is 905. The summed E-state index contributed by atoms with van der Waals surface area (Å²) in [5.74, 6) is -0.214. The standard InChI is InChI=1S/C20H20Cl2N2O3S/c1-12(25)23-11-15-3-5-18(28-15)20(27)24-8-6-13(7-9-24)19(26)14-2-4-16(21)17(22)10-14/h2-5,10,13H,6-9,11H2,1H3,(H,23,25). The lowest BCUT2D eigenvalue weighted by molar-refractivity contribution is -0.119. The average molecular weight is 439 g/mol. The van der Waals surface area contributed by atoms with Crippen LogP contribution in [0.1, 0.15) is 44.7 Å². The van der Waals surface area contributed by atoms with Gasteiger partial charge in [0.1, 0.15) is 0 Å². The number of hydrogen-bond donors (Lipinski definition) is 1. The van der Waals surface area contributed by atoms with Crippen LogP contribution < -0.4 is 5.32 Å². The number of hydrogen-bond acceptors (Lipinski definition) is 4. The topological polar surface area (TPSA) is 66.5 Å². The molecular weight excluding hydrogens is 419 g/mol. The van der Waals surface area contributed by atoms with Gasteiger partial charge < -0.3 is 10.2 Å². The number of piperidine rings is 1. The number of halogens is 2. The lowest BCUT2D eigenvalue weighted by Crippen LogP contribution is -2.40. The van der Waals surface area contributed by atoms with Crippen LogP contribution in [0.25, 0.3) is 0 Å². The molecule has 3 rings (SSSR count). The number of benzene rings is 1. The molecule has 8 heteroatoms. The van der Waals surface area contributed by atoms with Gasteiger partial charge in [-0.25, -0.2) is 0 Å². The van der Waals surface area contributed by atoms with Crippen LogP contribution in [0.2, 0.25) is 10.0 Å². The fourth-order valence-electron chi connectivity index (χ4n) is 3.19. The molecule has 1 aliphatic rings. The third-order valence-corrected chi connectivity index (χ3v) is 6.55. The lowest BCUT2D eigenvalue weighted by atomic mass is 9.89. The number of rotatable bonds is 5. The highest BCUT2D eigenvalue weighted by atomic mass is 35.5. The molecule has 1 aliphatic heterocycles. The maximum absolute atomic E-state index is 12.7. The van der Waals surface area contributed by atoms with Crippen LogP contribution >= 0.6 is 34.5 Å². The van der Waals surface area contributed by atoms with Crippen molar-refractivity contribution in [2.45, 2.75) is 26.3 Å². The van der Waals surface area contributed by atoms with E-state index in [1.54, 1.807) is 29.2 Å². The second-order valence-corrected chi connectivity index (χ2v) is 8.72. The van der Waals surface area contributed by atoms with Gasteiger partial charge in [-0.05, 0) is 43.2 Å². The highest BCUT2D eigenvalue weighted by molar-refractivity contribution is 7.14. The van der Waals surface area contributed by atoms with Crippen LogP contribution in [-0.2, 0) is 11.3 Å². The lowest BCUT2D eigenvalue weighted by Gasteiger charge is -2.31. The van der Waals surface area contributed by atoms with Crippen molar-refractivity contribution in [1.29, 1.82) is 0 Å². The van der Waals surface area contributed by atoms with Crippen molar-refractivity contribution >= 4 is 52.1 Å². The molecule has 1 saturated heterocycles. The molecule has 2 aromatic rings. The molecule has 28 heavy (non-hydrogen) atoms. The van der Waals surface area contributed by atoms with E-state index in [4.69, 9.17) is 23.2 Å². The van der Waals surface area contributed by atoms with Crippen molar-refractivity contribution in [3.05, 3.63) is 55.7 Å². The number of Topliss-reactive ketones (excluding diaryl/α,β-unsaturated/α-hetero) is 1. The van der Waals surface area contributed by atoms with Crippen LogP contribution in [0.5, 0.6) is 0 Å². The second kappa shape index (κ2) is 9.07. The number of ketones is 1. The fraction of sp³-hybridized carbons (Fsp3) is 0.350. The highest BCUT2D eigenvalue weighted by Gasteiger charge is 2.29. The van der Waals surface area contributed by atoms with Crippen molar-refractivity contribution < 1.29 is 14.4 Å². The summed E-state index contributed by atoms with van der Waals surface area (Å²) in [7, 11) is 0. The molecule has 5 nitrogen and oxygen atoms in total. The second-order valence-electron chi connectivity index (χ2n) is 6.74. The average Bonchev–Trinajstić information content (AvgIpc) is 3.16. The molecule has 1 aromatic heterocycles. The summed E-state index contributed by atoms with van der Waals surface area (Å²) in [6, 6.07) is 8.57. The van der Waals surface area contributed by atoms with Crippen LogP contribution in [0.15, 0.2) is 30.3 Å². The van der Waals surface area contributed by atoms with Crippen molar-refractivity contribution in [2.24, 2.45) is 5.92 Å². The molecule has 0 atom stereocenters. The number of carbonyl (C=O) groups is 3. The molecule has 0 saturated carbocycles. The Hall–Kier alpha value is -1.89. The molecule has 0 unspecified atom stereocenters. The number of carbonyl (C=O) groups excluding carboxylic acids is 3. The van der Waals surface area contributed by atoms with Gasteiger partial charge in [-0.15, -0.1) is 11.3 Å². The molecule has 0 aliphatic carbocycles. The SMILES string of the molecule is CC(=O)NCc1ccc(C(=O)N2CCC(C(=O)c3ccc(Cl)c(Cl)c3)CC2)s1. The van der Waals surface area contributed by atoms with Crippen LogP contribution in [0.3, 0.4) is 0 Å². The predicted octanol–water partition coefficient (Wildman–Crippen LogP) is 4.43. The van der Waals surface area contributed by atoms with E-state index >= 15 is 0 Å². The van der Waals surface area contributed by atoms with Gasteiger partial charge in [-0.2, -0.15) is 0 Å². The van der Waals surface area contributed by atoms with Crippen LogP contribution in [-0.4, -0.2) is 35.6 Å². The zero-order valence-corrected chi connectivity index (χ0v) is 17.7. The molecule has 148 valence electrons. The zero-order valence-electron chi connectivity index (χ0n) is 15.3. The predicted molar refractivity (Wildman–Crippen MR) is 111 cm³/mol. The molecule has 0 bridgehead atoms. The van der Waals surface area contributed by atoms with Gasteiger partial charge in [-0.1, -0.05) is 23.2 Å². The maximum atomic E-state index is 12.7. The number of likely N-dealkylation sites (tertiary alicyclic amines) is 1. The Morgan fingerprint density at radius 2 is 1.82 bits per heavy atom. The molecule has 2 amide bonds. The molecule has 1 aromatic carbocycles. The Labute approximate surface area is 177 Å². The Kier molecular flexibility index (Phi) is 6.75. The minimum Gasteiger partial charge on any atom is -0.351 e. The van der Waals surface area contributed by atoms with E-state index < -0.39 is 0 Å². The van der Waals surface area contributed by atoms with Gasteiger partial charge in [0.25, 0.3) is 5.91 Å². The van der Waals surface area contributed by atoms with E-state index in [1.165, 1.54) is 18.3 Å². The summed E-state index contributed by atoms with van der Waals surface area (Å²) in [5.41, 5.74) is 0.556. The maximum Gasteiger partial charge on any atom is 0.263 e. The summed E-state index contributed by atoms with van der Waals surface area (Å²) in [6.07, 6.45) is 1.24. The summed E-state index contributed by atoms with van der Waals surface area (Å²) in [5, 5.41) is 3.52. The Balaban J connectivity index is 1.57. The number of thiophene rings is 1.